The van der Waals surface area contributed by atoms with Crippen LogP contribution >= 0.6 is 0 Å². The first-order valence-electron chi connectivity index (χ1n) is 11.8. The van der Waals surface area contributed by atoms with Gasteiger partial charge in [-0.1, -0.05) is 30.3 Å². The first kappa shape index (κ1) is 28.1. The van der Waals surface area contributed by atoms with Crippen LogP contribution in [0.2, 0.25) is 0 Å². The van der Waals surface area contributed by atoms with Crippen molar-refractivity contribution in [1.82, 2.24) is 15.5 Å². The van der Waals surface area contributed by atoms with Crippen molar-refractivity contribution in [3.05, 3.63) is 35.9 Å². The van der Waals surface area contributed by atoms with Crippen LogP contribution in [0.4, 0.5) is 4.79 Å². The van der Waals surface area contributed by atoms with Gasteiger partial charge in [0, 0.05) is 12.1 Å². The number of hydrogen-bond acceptors (Lipinski definition) is 8. The molecule has 2 N–H and O–H groups in total. The van der Waals surface area contributed by atoms with Gasteiger partial charge in [0.25, 0.3) is 0 Å². The maximum atomic E-state index is 12.6. The molecule has 0 spiro atoms. The molecule has 0 bridgehead atoms. The average molecular weight is 492 g/mol. The summed E-state index contributed by atoms with van der Waals surface area (Å²) in [5, 5.41) is 5.74. The smallest absolute Gasteiger partial charge is 0.411 e. The van der Waals surface area contributed by atoms with Gasteiger partial charge in [0.15, 0.2) is 0 Å². The SMILES string of the molecule is COC(=O)CN(C(=O)OC(C)(C)C)[C@H]1CC[C@H](NC(=O)CNCC(=O)OCc2ccccc2)CC1. The number of ether oxygens (including phenoxy) is 3. The van der Waals surface area contributed by atoms with Gasteiger partial charge in [-0.3, -0.25) is 24.6 Å². The zero-order chi connectivity index (χ0) is 25.8. The van der Waals surface area contributed by atoms with E-state index in [4.69, 9.17) is 14.2 Å². The summed E-state index contributed by atoms with van der Waals surface area (Å²) in [6.07, 6.45) is 1.96. The van der Waals surface area contributed by atoms with E-state index in [0.29, 0.717) is 25.7 Å². The van der Waals surface area contributed by atoms with Gasteiger partial charge in [0.1, 0.15) is 18.8 Å². The summed E-state index contributed by atoms with van der Waals surface area (Å²) in [7, 11) is 1.28. The van der Waals surface area contributed by atoms with E-state index in [-0.39, 0.29) is 44.2 Å². The Labute approximate surface area is 206 Å². The van der Waals surface area contributed by atoms with Crippen LogP contribution in [0.3, 0.4) is 0 Å². The van der Waals surface area contributed by atoms with Crippen molar-refractivity contribution in [2.45, 2.75) is 70.7 Å². The maximum absolute atomic E-state index is 12.6. The lowest BCUT2D eigenvalue weighted by Crippen LogP contribution is -2.50. The molecule has 0 radical (unpaired) electrons. The first-order valence-corrected chi connectivity index (χ1v) is 11.8. The van der Waals surface area contributed by atoms with Crippen molar-refractivity contribution in [3.8, 4) is 0 Å². The molecule has 1 aromatic carbocycles. The maximum Gasteiger partial charge on any atom is 0.411 e. The molecule has 1 aliphatic rings. The number of esters is 2. The average Bonchev–Trinajstić information content (AvgIpc) is 2.81. The second kappa shape index (κ2) is 13.7. The Hall–Kier alpha value is -3.14. The number of rotatable bonds is 10. The zero-order valence-electron chi connectivity index (χ0n) is 21.0. The Morgan fingerprint density at radius 1 is 0.971 bits per heavy atom. The molecule has 10 nitrogen and oxygen atoms in total. The highest BCUT2D eigenvalue weighted by Crippen LogP contribution is 2.25. The number of amides is 2. The van der Waals surface area contributed by atoms with Gasteiger partial charge in [0.05, 0.1) is 20.2 Å². The van der Waals surface area contributed by atoms with Crippen molar-refractivity contribution in [3.63, 3.8) is 0 Å². The summed E-state index contributed by atoms with van der Waals surface area (Å²) in [6, 6.07) is 9.12. The van der Waals surface area contributed by atoms with Crippen LogP contribution < -0.4 is 10.6 Å². The largest absolute Gasteiger partial charge is 0.468 e. The van der Waals surface area contributed by atoms with E-state index in [2.05, 4.69) is 10.6 Å². The Bertz CT molecular complexity index is 846. The Balaban J connectivity index is 1.72. The topological polar surface area (TPSA) is 123 Å². The minimum atomic E-state index is -0.683. The summed E-state index contributed by atoms with van der Waals surface area (Å²) in [6.45, 7) is 5.24. The quantitative estimate of drug-likeness (QED) is 0.377. The normalized spacial score (nSPS) is 17.7. The number of carbonyl (C=O) groups excluding carboxylic acids is 4. The highest BCUT2D eigenvalue weighted by atomic mass is 16.6. The molecule has 0 saturated heterocycles. The molecular weight excluding hydrogens is 454 g/mol. The molecule has 2 rings (SSSR count). The number of hydrogen-bond donors (Lipinski definition) is 2. The molecule has 194 valence electrons. The fourth-order valence-corrected chi connectivity index (χ4v) is 3.74. The van der Waals surface area contributed by atoms with Crippen molar-refractivity contribution >= 4 is 23.9 Å². The van der Waals surface area contributed by atoms with Crippen molar-refractivity contribution in [2.24, 2.45) is 0 Å². The summed E-state index contributed by atoms with van der Waals surface area (Å²) in [4.78, 5) is 50.0. The first-order chi connectivity index (χ1) is 16.6. The van der Waals surface area contributed by atoms with Gasteiger partial charge in [-0.25, -0.2) is 4.79 Å². The van der Waals surface area contributed by atoms with E-state index in [1.165, 1.54) is 12.0 Å². The van der Waals surface area contributed by atoms with Crippen LogP contribution in [0.1, 0.15) is 52.0 Å². The van der Waals surface area contributed by atoms with Crippen LogP contribution in [0.5, 0.6) is 0 Å². The molecule has 10 heteroatoms. The number of nitrogens with one attached hydrogen (secondary N) is 2. The Kier molecular flexibility index (Phi) is 11.0. The van der Waals surface area contributed by atoms with Crippen molar-refractivity contribution < 1.29 is 33.4 Å². The summed E-state index contributed by atoms with van der Waals surface area (Å²) in [5.74, 6) is -1.17. The molecule has 35 heavy (non-hydrogen) atoms. The summed E-state index contributed by atoms with van der Waals surface area (Å²) >= 11 is 0. The number of benzene rings is 1. The van der Waals surface area contributed by atoms with Gasteiger partial charge < -0.3 is 19.5 Å². The highest BCUT2D eigenvalue weighted by molar-refractivity contribution is 5.80. The molecule has 0 heterocycles. The second-order valence-corrected chi connectivity index (χ2v) is 9.51. The van der Waals surface area contributed by atoms with Gasteiger partial charge in [-0.2, -0.15) is 0 Å². The molecule has 0 atom stereocenters. The molecule has 1 aliphatic carbocycles. The third-order valence-corrected chi connectivity index (χ3v) is 5.46. The predicted octanol–water partition coefficient (Wildman–Crippen LogP) is 2.16. The van der Waals surface area contributed by atoms with Crippen molar-refractivity contribution in [2.75, 3.05) is 26.7 Å². The van der Waals surface area contributed by atoms with Gasteiger partial charge in [0.2, 0.25) is 5.91 Å². The number of carbonyl (C=O) groups is 4. The minimum absolute atomic E-state index is 0.00720. The van der Waals surface area contributed by atoms with E-state index in [9.17, 15) is 19.2 Å². The van der Waals surface area contributed by atoms with Gasteiger partial charge >= 0.3 is 18.0 Å². The third-order valence-electron chi connectivity index (χ3n) is 5.46. The van der Waals surface area contributed by atoms with E-state index in [0.717, 1.165) is 5.56 Å². The highest BCUT2D eigenvalue weighted by Gasteiger charge is 2.33. The van der Waals surface area contributed by atoms with Crippen LogP contribution in [-0.4, -0.2) is 73.3 Å². The van der Waals surface area contributed by atoms with E-state index in [1.807, 2.05) is 30.3 Å². The molecule has 2 amide bonds. The molecule has 0 unspecified atom stereocenters. The fraction of sp³-hybridized carbons (Fsp3) is 0.600. The molecule has 1 aromatic rings. The predicted molar refractivity (Wildman–Crippen MR) is 128 cm³/mol. The standard InChI is InChI=1S/C25H37N3O7/c1-25(2,3)35-24(32)28(16-23(31)33-4)20-12-10-19(11-13-20)27-21(29)14-26-15-22(30)34-17-18-8-6-5-7-9-18/h5-9,19-20,26H,10-17H2,1-4H3,(H,27,29)/t19-,20-. The molecule has 0 aliphatic heterocycles. The van der Waals surface area contributed by atoms with Gasteiger partial charge in [-0.15, -0.1) is 0 Å². The monoisotopic (exact) mass is 491 g/mol. The number of methoxy groups -OCH3 is 1. The lowest BCUT2D eigenvalue weighted by Gasteiger charge is -2.37. The van der Waals surface area contributed by atoms with Crippen LogP contribution in [0, 0.1) is 0 Å². The lowest BCUT2D eigenvalue weighted by atomic mass is 9.90. The third kappa shape index (κ3) is 10.8. The zero-order valence-corrected chi connectivity index (χ0v) is 21.0. The van der Waals surface area contributed by atoms with Gasteiger partial charge in [-0.05, 0) is 52.0 Å². The Morgan fingerprint density at radius 3 is 2.23 bits per heavy atom. The summed E-state index contributed by atoms with van der Waals surface area (Å²) < 4.78 is 15.4. The fourth-order valence-electron chi connectivity index (χ4n) is 3.74. The van der Waals surface area contributed by atoms with Crippen LogP contribution in [0.15, 0.2) is 30.3 Å². The Morgan fingerprint density at radius 2 is 1.63 bits per heavy atom. The molecular formula is C25H37N3O7. The minimum Gasteiger partial charge on any atom is -0.468 e. The van der Waals surface area contributed by atoms with E-state index in [1.54, 1.807) is 20.8 Å². The van der Waals surface area contributed by atoms with Crippen molar-refractivity contribution in [1.29, 1.82) is 0 Å². The molecule has 1 fully saturated rings. The molecule has 0 aromatic heterocycles. The number of nitrogens with zero attached hydrogens (tertiary/aromatic N) is 1. The lowest BCUT2D eigenvalue weighted by molar-refractivity contribution is -0.144. The van der Waals surface area contributed by atoms with Crippen LogP contribution in [-0.2, 0) is 35.2 Å². The van der Waals surface area contributed by atoms with Crippen LogP contribution in [0.25, 0.3) is 0 Å². The second-order valence-electron chi connectivity index (χ2n) is 9.51. The van der Waals surface area contributed by atoms with E-state index >= 15 is 0 Å². The molecule has 1 saturated carbocycles. The van der Waals surface area contributed by atoms with E-state index < -0.39 is 23.6 Å². The summed E-state index contributed by atoms with van der Waals surface area (Å²) in [5.41, 5.74) is 0.212.